The largest absolute Gasteiger partial charge is 0.440 e. The average molecular weight is 908 g/mol. The van der Waals surface area contributed by atoms with Crippen molar-refractivity contribution >= 4 is 68.4 Å². The molecule has 0 spiro atoms. The molecule has 0 N–H and O–H groups in total. The third-order valence-electron chi connectivity index (χ3n) is 17.3. The minimum atomic E-state index is -0.176. The lowest BCUT2D eigenvalue weighted by Gasteiger charge is -2.47. The fourth-order valence-corrected chi connectivity index (χ4v) is 12.6. The third kappa shape index (κ3) is 6.89. The van der Waals surface area contributed by atoms with Gasteiger partial charge in [-0.2, -0.15) is 5.26 Å². The second kappa shape index (κ2) is 14.8. The Morgan fingerprint density at radius 3 is 1.62 bits per heavy atom. The molecule has 4 nitrogen and oxygen atoms in total. The fraction of sp³-hybridized carbons (Fsp3) is 0.391. The summed E-state index contributed by atoms with van der Waals surface area (Å²) in [6, 6.07) is 42.2. The molecule has 3 heterocycles. The molecule has 0 unspecified atom stereocenters. The Bertz CT molecular complexity index is 3340. The van der Waals surface area contributed by atoms with Gasteiger partial charge in [-0.1, -0.05) is 152 Å². The first-order valence-electron chi connectivity index (χ1n) is 25.6. The van der Waals surface area contributed by atoms with E-state index in [1.54, 1.807) is 0 Å². The number of anilines is 6. The summed E-state index contributed by atoms with van der Waals surface area (Å²) in [5, 5.41) is 12.4. The van der Waals surface area contributed by atoms with Gasteiger partial charge in [0.1, 0.15) is 5.58 Å². The van der Waals surface area contributed by atoms with Gasteiger partial charge < -0.3 is 9.32 Å². The minimum Gasteiger partial charge on any atom is -0.440 e. The van der Waals surface area contributed by atoms with Crippen LogP contribution in [0.15, 0.2) is 108 Å². The summed E-state index contributed by atoms with van der Waals surface area (Å²) < 4.78 is 7.33. The molecule has 0 atom stereocenters. The Morgan fingerprint density at radius 2 is 1.06 bits per heavy atom. The van der Waals surface area contributed by atoms with E-state index < -0.39 is 0 Å². The number of hydrogen-bond donors (Lipinski definition) is 0. The van der Waals surface area contributed by atoms with Crippen molar-refractivity contribution in [2.75, 3.05) is 9.80 Å². The van der Waals surface area contributed by atoms with Crippen LogP contribution < -0.4 is 26.2 Å². The molecule has 6 aromatic carbocycles. The molecule has 2 aliphatic heterocycles. The molecule has 11 rings (SSSR count). The van der Waals surface area contributed by atoms with Crippen LogP contribution in [0.2, 0.25) is 0 Å². The van der Waals surface area contributed by atoms with E-state index in [0.717, 1.165) is 70.8 Å². The maximum atomic E-state index is 11.2. The maximum Gasteiger partial charge on any atom is 0.257 e. The van der Waals surface area contributed by atoms with E-state index in [2.05, 4.69) is 223 Å². The highest BCUT2D eigenvalue weighted by Gasteiger charge is 2.50. The molecule has 7 aromatic rings. The summed E-state index contributed by atoms with van der Waals surface area (Å²) >= 11 is 0. The second-order valence-electron chi connectivity index (χ2n) is 26.0. The summed E-state index contributed by atoms with van der Waals surface area (Å²) in [7, 11) is 0. The monoisotopic (exact) mass is 908 g/mol. The van der Waals surface area contributed by atoms with Gasteiger partial charge in [0, 0.05) is 33.5 Å². The van der Waals surface area contributed by atoms with Crippen LogP contribution in [0.1, 0.15) is 167 Å². The molecular formula is C64H70BN3O. The first-order chi connectivity index (χ1) is 32.3. The number of benzene rings is 6. The summed E-state index contributed by atoms with van der Waals surface area (Å²) in [6.45, 7) is 35.4. The Kier molecular flexibility index (Phi) is 9.73. The van der Waals surface area contributed by atoms with Gasteiger partial charge in [0.05, 0.1) is 23.0 Å². The van der Waals surface area contributed by atoms with E-state index in [4.69, 9.17) is 4.42 Å². The molecular weight excluding hydrogens is 838 g/mol. The number of fused-ring (bicyclic) bond motifs is 8. The van der Waals surface area contributed by atoms with Crippen LogP contribution in [-0.4, -0.2) is 6.71 Å². The number of aryl methyl sites for hydroxylation is 1. The smallest absolute Gasteiger partial charge is 0.257 e. The third-order valence-corrected chi connectivity index (χ3v) is 17.3. The highest BCUT2D eigenvalue weighted by atomic mass is 16.4. The van der Waals surface area contributed by atoms with Crippen molar-refractivity contribution in [1.29, 1.82) is 5.26 Å². The Balaban J connectivity index is 1.33. The quantitative estimate of drug-likeness (QED) is 0.166. The highest BCUT2D eigenvalue weighted by molar-refractivity contribution is 7.01. The summed E-state index contributed by atoms with van der Waals surface area (Å²) in [6.07, 6.45) is 4.47. The number of nitriles is 1. The molecule has 350 valence electrons. The summed E-state index contributed by atoms with van der Waals surface area (Å²) in [4.78, 5) is 4.97. The molecule has 0 saturated heterocycles. The average Bonchev–Trinajstić information content (AvgIpc) is 3.67. The van der Waals surface area contributed by atoms with Gasteiger partial charge in [-0.25, -0.2) is 0 Å². The lowest BCUT2D eigenvalue weighted by molar-refractivity contribution is 0.332. The number of hydrogen-bond acceptors (Lipinski definition) is 4. The predicted molar refractivity (Wildman–Crippen MR) is 293 cm³/mol. The van der Waals surface area contributed by atoms with Gasteiger partial charge in [0.2, 0.25) is 5.88 Å². The molecule has 0 fully saturated rings. The van der Waals surface area contributed by atoms with Crippen molar-refractivity contribution in [3.8, 4) is 17.2 Å². The molecule has 4 aliphatic rings. The normalized spacial score (nSPS) is 18.2. The Hall–Kier alpha value is -5.99. The van der Waals surface area contributed by atoms with Crippen LogP contribution in [0.25, 0.3) is 22.1 Å². The Labute approximate surface area is 412 Å². The van der Waals surface area contributed by atoms with Gasteiger partial charge in [-0.15, -0.1) is 0 Å². The van der Waals surface area contributed by atoms with Crippen molar-refractivity contribution in [1.82, 2.24) is 0 Å². The molecule has 1 aromatic heterocycles. The minimum absolute atomic E-state index is 0.0118. The van der Waals surface area contributed by atoms with Crippen LogP contribution in [0.4, 0.5) is 34.3 Å². The van der Waals surface area contributed by atoms with Crippen molar-refractivity contribution in [3.63, 3.8) is 0 Å². The van der Waals surface area contributed by atoms with Crippen LogP contribution >= 0.6 is 0 Å². The fourth-order valence-electron chi connectivity index (χ4n) is 12.6. The maximum absolute atomic E-state index is 11.2. The van der Waals surface area contributed by atoms with Gasteiger partial charge in [0.15, 0.2) is 0 Å². The number of furan rings is 1. The van der Waals surface area contributed by atoms with E-state index in [1.165, 1.54) is 66.6 Å². The SMILES string of the molecule is Cc1cc(C(C)(C)C)ccc1N1c2cc(C#N)cc3c2B(c2cc4c(cc2N3c2cc3c(cc2-c2ccccc2)C(C)(C)CCC3(C)C)C(C)(C)CCC4(C)C)c2c1oc1ccc(C(C)(C)C)cc21. The van der Waals surface area contributed by atoms with E-state index in [-0.39, 0.29) is 39.2 Å². The van der Waals surface area contributed by atoms with Crippen molar-refractivity contribution in [2.45, 2.75) is 162 Å². The zero-order valence-corrected chi connectivity index (χ0v) is 44.0. The lowest BCUT2D eigenvalue weighted by atomic mass is 9.33. The zero-order valence-electron chi connectivity index (χ0n) is 44.0. The summed E-state index contributed by atoms with van der Waals surface area (Å²) in [5.41, 5.74) is 22.3. The second-order valence-corrected chi connectivity index (χ2v) is 26.0. The number of rotatable bonds is 3. The Morgan fingerprint density at radius 1 is 0.536 bits per heavy atom. The molecule has 0 saturated carbocycles. The molecule has 69 heavy (non-hydrogen) atoms. The van der Waals surface area contributed by atoms with E-state index in [1.807, 2.05) is 0 Å². The zero-order chi connectivity index (χ0) is 49.1. The van der Waals surface area contributed by atoms with Crippen molar-refractivity contribution < 1.29 is 4.42 Å². The van der Waals surface area contributed by atoms with Crippen LogP contribution in [0, 0.1) is 18.3 Å². The first-order valence-corrected chi connectivity index (χ1v) is 25.6. The van der Waals surface area contributed by atoms with Gasteiger partial charge in [-0.05, 0) is 169 Å². The standard InChI is InChI=1S/C64H70BN3O/c1-38-29-41(59(2,3)4)21-23-50(38)68-54-31-39(37-66)30-53-57(54)65(56-44-32-42(60(5,6)7)22-24-55(44)69-58(56)68)49-34-46-48(64(14,15)28-26-62(46,10)11)36-52(49)67(53)51-35-47-45(61(8,9)25-27-63(47,12)13)33-43(51)40-19-17-16-18-20-40/h16-24,29-36H,25-28H2,1-15H3. The molecule has 5 heteroatoms. The topological polar surface area (TPSA) is 43.4 Å². The first kappa shape index (κ1) is 45.5. The lowest BCUT2D eigenvalue weighted by Crippen LogP contribution is -2.61. The van der Waals surface area contributed by atoms with E-state index >= 15 is 0 Å². The molecule has 0 bridgehead atoms. The molecule has 2 aliphatic carbocycles. The van der Waals surface area contributed by atoms with E-state index in [0.29, 0.717) is 5.56 Å². The molecule has 0 radical (unpaired) electrons. The highest BCUT2D eigenvalue weighted by Crippen LogP contribution is 2.55. The van der Waals surface area contributed by atoms with Gasteiger partial charge >= 0.3 is 0 Å². The van der Waals surface area contributed by atoms with Crippen molar-refractivity contribution in [2.24, 2.45) is 0 Å². The van der Waals surface area contributed by atoms with E-state index in [9.17, 15) is 5.26 Å². The predicted octanol–water partition coefficient (Wildman–Crippen LogP) is 15.7. The van der Waals surface area contributed by atoms with Crippen LogP contribution in [0.3, 0.4) is 0 Å². The van der Waals surface area contributed by atoms with Crippen molar-refractivity contribution in [3.05, 3.63) is 148 Å². The van der Waals surface area contributed by atoms with Crippen LogP contribution in [-0.2, 0) is 32.5 Å². The van der Waals surface area contributed by atoms with Gasteiger partial charge in [-0.3, -0.25) is 4.90 Å². The van der Waals surface area contributed by atoms with Crippen LogP contribution in [0.5, 0.6) is 0 Å². The van der Waals surface area contributed by atoms with Gasteiger partial charge in [0.25, 0.3) is 6.71 Å². The number of nitrogens with zero attached hydrogens (tertiary/aromatic N) is 3. The summed E-state index contributed by atoms with van der Waals surface area (Å²) in [5.74, 6) is 0.834. The molecule has 0 amide bonds.